The molecule has 5 aromatic carbocycles. The van der Waals surface area contributed by atoms with Crippen molar-refractivity contribution >= 4 is 17.4 Å². The van der Waals surface area contributed by atoms with Crippen molar-refractivity contribution in [3.8, 4) is 22.3 Å². The number of carbonyl (C=O) groups is 2. The molecule has 0 radical (unpaired) electrons. The summed E-state index contributed by atoms with van der Waals surface area (Å²) in [4.78, 5) is 30.3. The van der Waals surface area contributed by atoms with Crippen LogP contribution in [0, 0.1) is 0 Å². The Morgan fingerprint density at radius 1 is 0.796 bits per heavy atom. The van der Waals surface area contributed by atoms with E-state index in [1.54, 1.807) is 0 Å². The van der Waals surface area contributed by atoms with Gasteiger partial charge in [-0.25, -0.2) is 0 Å². The Morgan fingerprint density at radius 3 is 2.29 bits per heavy atom. The molecule has 0 aromatic heterocycles. The number of ketones is 1. The van der Waals surface area contributed by atoms with Gasteiger partial charge in [0.05, 0.1) is 5.92 Å². The van der Waals surface area contributed by atoms with Gasteiger partial charge in [0.2, 0.25) is 0 Å². The topological polar surface area (TPSA) is 75.4 Å². The maximum Gasteiger partial charge on any atom is 0.256 e. The van der Waals surface area contributed by atoms with E-state index in [0.717, 1.165) is 36.1 Å². The van der Waals surface area contributed by atoms with Crippen LogP contribution in [-0.2, 0) is 19.4 Å². The number of hydrogen-bond acceptors (Lipinski definition) is 4. The van der Waals surface area contributed by atoms with Gasteiger partial charge < -0.3 is 16.0 Å². The minimum absolute atomic E-state index is 0.139. The molecule has 0 bridgehead atoms. The van der Waals surface area contributed by atoms with Crippen LogP contribution in [0.3, 0.4) is 0 Å². The van der Waals surface area contributed by atoms with E-state index in [2.05, 4.69) is 60.7 Å². The van der Waals surface area contributed by atoms with Crippen molar-refractivity contribution in [2.24, 2.45) is 5.73 Å². The molecule has 7 rings (SSSR count). The molecule has 2 aliphatic carbocycles. The molecule has 2 unspecified atom stereocenters. The van der Waals surface area contributed by atoms with Crippen molar-refractivity contribution in [2.75, 3.05) is 26.0 Å². The number of Topliss-reactive ketones (excluding diaryl/α,β-unsaturated/α-hetero) is 1. The molecular formula is C44H45N3O2. The first kappa shape index (κ1) is 32.7. The number of hydrogen-bond donors (Lipinski definition) is 2. The molecule has 0 saturated carbocycles. The Balaban J connectivity index is 1.16. The fourth-order valence-electron chi connectivity index (χ4n) is 8.11. The lowest BCUT2D eigenvalue weighted by atomic mass is 9.69. The van der Waals surface area contributed by atoms with Crippen LogP contribution in [0.15, 0.2) is 109 Å². The molecule has 0 heterocycles. The number of nitrogens with zero attached hydrogens (tertiary/aromatic N) is 1. The molecule has 2 atom stereocenters. The van der Waals surface area contributed by atoms with Gasteiger partial charge in [-0.05, 0) is 145 Å². The van der Waals surface area contributed by atoms with Crippen LogP contribution in [-0.4, -0.2) is 37.2 Å². The number of benzene rings is 5. The van der Waals surface area contributed by atoms with Gasteiger partial charge in [-0.2, -0.15) is 0 Å². The molecule has 0 saturated heterocycles. The summed E-state index contributed by atoms with van der Waals surface area (Å²) < 4.78 is 0. The molecule has 0 fully saturated rings. The molecule has 49 heavy (non-hydrogen) atoms. The van der Waals surface area contributed by atoms with Crippen molar-refractivity contribution in [3.05, 3.63) is 148 Å². The summed E-state index contributed by atoms with van der Waals surface area (Å²) in [5, 5.41) is 3.07. The van der Waals surface area contributed by atoms with Crippen LogP contribution in [0.1, 0.15) is 86.1 Å². The van der Waals surface area contributed by atoms with E-state index in [4.69, 9.17) is 5.73 Å². The third-order valence-electron chi connectivity index (χ3n) is 10.5. The molecule has 5 nitrogen and oxygen atoms in total. The molecule has 3 N–H and O–H groups in total. The Kier molecular flexibility index (Phi) is 9.56. The van der Waals surface area contributed by atoms with Gasteiger partial charge in [0, 0.05) is 23.4 Å². The fraction of sp³-hybridized carbons (Fsp3) is 0.273. The number of anilines is 1. The first-order valence-electron chi connectivity index (χ1n) is 17.6. The highest BCUT2D eigenvalue weighted by Gasteiger charge is 2.35. The lowest BCUT2D eigenvalue weighted by Gasteiger charge is -2.35. The molecule has 248 valence electrons. The van der Waals surface area contributed by atoms with Crippen LogP contribution >= 0.6 is 0 Å². The highest BCUT2D eigenvalue weighted by Crippen LogP contribution is 2.47. The zero-order chi connectivity index (χ0) is 33.9. The fourth-order valence-corrected chi connectivity index (χ4v) is 8.11. The Hall–Kier alpha value is -4.84. The van der Waals surface area contributed by atoms with Gasteiger partial charge in [0.15, 0.2) is 5.78 Å². The maximum absolute atomic E-state index is 14.5. The van der Waals surface area contributed by atoms with Gasteiger partial charge in [-0.1, -0.05) is 78.9 Å². The zero-order valence-electron chi connectivity index (χ0n) is 28.5. The summed E-state index contributed by atoms with van der Waals surface area (Å²) in [6.07, 6.45) is 6.45. The predicted molar refractivity (Wildman–Crippen MR) is 200 cm³/mol. The van der Waals surface area contributed by atoms with Crippen molar-refractivity contribution in [1.82, 2.24) is 4.90 Å². The molecule has 2 aliphatic rings. The standard InChI is InChI=1S/C44H45N3O2/c1-47(2)26-10-14-29-13-9-19-38-36(29)24-25-39-34-15-5-3-11-31(34)27-41(42(38)39)43(48)30-20-22-33(23-21-30)46-44(49)40-18-8-7-17-37(40)35-16-6-4-12-32(35)28-45/h3-8,11-12,15-18,20-25,29,41H,9-10,13-14,19,26-28,45H2,1-2H3,(H,46,49). The molecule has 1 amide bonds. The lowest BCUT2D eigenvalue weighted by Crippen LogP contribution is -2.24. The van der Waals surface area contributed by atoms with Crippen LogP contribution in [0.5, 0.6) is 0 Å². The van der Waals surface area contributed by atoms with Gasteiger partial charge in [-0.15, -0.1) is 0 Å². The summed E-state index contributed by atoms with van der Waals surface area (Å²) in [6.45, 7) is 1.48. The summed E-state index contributed by atoms with van der Waals surface area (Å²) in [6, 6.07) is 36.2. The number of fused-ring (bicyclic) bond motifs is 5. The second kappa shape index (κ2) is 14.3. The van der Waals surface area contributed by atoms with E-state index in [9.17, 15) is 9.59 Å². The van der Waals surface area contributed by atoms with E-state index < -0.39 is 0 Å². The third-order valence-corrected chi connectivity index (χ3v) is 10.5. The molecule has 0 spiro atoms. The van der Waals surface area contributed by atoms with E-state index in [-0.39, 0.29) is 17.6 Å². The van der Waals surface area contributed by atoms with E-state index >= 15 is 0 Å². The van der Waals surface area contributed by atoms with Crippen molar-refractivity contribution < 1.29 is 9.59 Å². The average molecular weight is 648 g/mol. The molecule has 5 heteroatoms. The first-order chi connectivity index (χ1) is 23.9. The first-order valence-corrected chi connectivity index (χ1v) is 17.6. The van der Waals surface area contributed by atoms with Crippen LogP contribution < -0.4 is 11.1 Å². The van der Waals surface area contributed by atoms with Crippen molar-refractivity contribution in [1.29, 1.82) is 0 Å². The van der Waals surface area contributed by atoms with Gasteiger partial charge in [0.25, 0.3) is 5.91 Å². The quantitative estimate of drug-likeness (QED) is 0.148. The third kappa shape index (κ3) is 6.61. The van der Waals surface area contributed by atoms with Crippen molar-refractivity contribution in [2.45, 2.75) is 56.9 Å². The van der Waals surface area contributed by atoms with Crippen molar-refractivity contribution in [3.63, 3.8) is 0 Å². The summed E-state index contributed by atoms with van der Waals surface area (Å²) in [5.74, 6) is 0.237. The Bertz CT molecular complexity index is 1990. The van der Waals surface area contributed by atoms with E-state index in [1.807, 2.05) is 72.8 Å². The number of nitrogens with two attached hydrogens (primary N) is 1. The maximum atomic E-state index is 14.5. The van der Waals surface area contributed by atoms with Crippen LogP contribution in [0.2, 0.25) is 0 Å². The monoisotopic (exact) mass is 647 g/mol. The van der Waals surface area contributed by atoms with Crippen LogP contribution in [0.4, 0.5) is 5.69 Å². The van der Waals surface area contributed by atoms with E-state index in [0.29, 0.717) is 35.7 Å². The predicted octanol–water partition coefficient (Wildman–Crippen LogP) is 9.02. The molecular weight excluding hydrogens is 603 g/mol. The molecule has 0 aliphatic heterocycles. The van der Waals surface area contributed by atoms with Gasteiger partial charge in [-0.3, -0.25) is 9.59 Å². The smallest absolute Gasteiger partial charge is 0.256 e. The number of amides is 1. The second-order valence-corrected chi connectivity index (χ2v) is 13.8. The minimum atomic E-state index is -0.240. The van der Waals surface area contributed by atoms with Gasteiger partial charge in [0.1, 0.15) is 0 Å². The number of nitrogens with one attached hydrogen (secondary N) is 1. The minimum Gasteiger partial charge on any atom is -0.326 e. The van der Waals surface area contributed by atoms with Crippen LogP contribution in [0.25, 0.3) is 22.3 Å². The normalized spacial score (nSPS) is 16.4. The Morgan fingerprint density at radius 2 is 1.51 bits per heavy atom. The average Bonchev–Trinajstić information content (AvgIpc) is 3.14. The van der Waals surface area contributed by atoms with E-state index in [1.165, 1.54) is 52.6 Å². The summed E-state index contributed by atoms with van der Waals surface area (Å²) in [7, 11) is 4.28. The number of rotatable bonds is 10. The lowest BCUT2D eigenvalue weighted by molar-refractivity contribution is 0.0957. The van der Waals surface area contributed by atoms with Gasteiger partial charge >= 0.3 is 0 Å². The largest absolute Gasteiger partial charge is 0.326 e. The highest BCUT2D eigenvalue weighted by atomic mass is 16.1. The Labute approximate surface area is 290 Å². The summed E-state index contributed by atoms with van der Waals surface area (Å²) >= 11 is 0. The highest BCUT2D eigenvalue weighted by molar-refractivity contribution is 6.09. The molecule has 5 aromatic rings. The number of carbonyl (C=O) groups excluding carboxylic acids is 2. The second-order valence-electron chi connectivity index (χ2n) is 13.8. The zero-order valence-corrected chi connectivity index (χ0v) is 28.5. The summed E-state index contributed by atoms with van der Waals surface area (Å²) in [5.41, 5.74) is 18.5. The SMILES string of the molecule is CN(C)CCCC1CCCc2c1ccc1c2C(C(=O)c2ccc(NC(=O)c3ccccc3-c3ccccc3CN)cc2)Cc2ccccc2-1.